The number of aryl methyl sites for hydroxylation is 1. The van der Waals surface area contributed by atoms with E-state index in [1.54, 1.807) is 6.07 Å². The molecule has 2 aromatic rings. The Morgan fingerprint density at radius 1 is 1.25 bits per heavy atom. The molecule has 104 valence electrons. The van der Waals surface area contributed by atoms with E-state index in [2.05, 4.69) is 15.3 Å². The number of anilines is 1. The van der Waals surface area contributed by atoms with Gasteiger partial charge >= 0.3 is 0 Å². The van der Waals surface area contributed by atoms with E-state index >= 15 is 0 Å². The fourth-order valence-corrected chi connectivity index (χ4v) is 2.28. The van der Waals surface area contributed by atoms with Crippen molar-refractivity contribution in [1.82, 2.24) is 9.97 Å². The van der Waals surface area contributed by atoms with E-state index in [1.165, 1.54) is 25.0 Å². The van der Waals surface area contributed by atoms with Crippen LogP contribution in [0.15, 0.2) is 24.3 Å². The fraction of sp³-hybridized carbons (Fsp3) is 0.375. The van der Waals surface area contributed by atoms with E-state index in [9.17, 15) is 4.39 Å². The summed E-state index contributed by atoms with van der Waals surface area (Å²) in [5, 5.41) is 3.23. The van der Waals surface area contributed by atoms with Crippen LogP contribution in [-0.4, -0.2) is 16.5 Å². The molecule has 0 amide bonds. The molecule has 1 N–H and O–H groups in total. The second-order valence-corrected chi connectivity index (χ2v) is 5.27. The molecule has 0 radical (unpaired) electrons. The lowest BCUT2D eigenvalue weighted by Gasteiger charge is -2.10. The van der Waals surface area contributed by atoms with Crippen molar-refractivity contribution in [3.8, 4) is 11.4 Å². The average molecular weight is 271 g/mol. The van der Waals surface area contributed by atoms with Crippen molar-refractivity contribution in [2.45, 2.75) is 32.6 Å². The van der Waals surface area contributed by atoms with Gasteiger partial charge in [0.25, 0.3) is 0 Å². The predicted molar refractivity (Wildman–Crippen MR) is 78.3 cm³/mol. The van der Waals surface area contributed by atoms with Crippen molar-refractivity contribution in [3.63, 3.8) is 0 Å². The van der Waals surface area contributed by atoms with Crippen molar-refractivity contribution in [2.24, 2.45) is 0 Å². The van der Waals surface area contributed by atoms with Crippen LogP contribution in [0.5, 0.6) is 0 Å². The first-order chi connectivity index (χ1) is 9.67. The van der Waals surface area contributed by atoms with Crippen molar-refractivity contribution in [2.75, 3.05) is 11.9 Å². The molecule has 4 heteroatoms. The third-order valence-electron chi connectivity index (χ3n) is 3.54. The zero-order valence-corrected chi connectivity index (χ0v) is 11.8. The number of hydrogen-bond donors (Lipinski definition) is 1. The Bertz CT molecular complexity index is 636. The fourth-order valence-electron chi connectivity index (χ4n) is 2.28. The summed E-state index contributed by atoms with van der Waals surface area (Å²) in [6.45, 7) is 4.80. The summed E-state index contributed by atoms with van der Waals surface area (Å²) in [6, 6.07) is 6.76. The van der Waals surface area contributed by atoms with E-state index in [1.807, 2.05) is 19.9 Å². The molecule has 1 aromatic heterocycles. The molecule has 0 unspecified atom stereocenters. The number of aromatic nitrogens is 2. The van der Waals surface area contributed by atoms with Gasteiger partial charge in [-0.1, -0.05) is 6.07 Å². The Morgan fingerprint density at radius 3 is 2.75 bits per heavy atom. The van der Waals surface area contributed by atoms with E-state index in [0.29, 0.717) is 11.7 Å². The van der Waals surface area contributed by atoms with E-state index in [0.717, 1.165) is 29.2 Å². The highest BCUT2D eigenvalue weighted by Crippen LogP contribution is 2.40. The number of halogens is 1. The minimum atomic E-state index is -0.254. The third-order valence-corrected chi connectivity index (χ3v) is 3.54. The Labute approximate surface area is 118 Å². The maximum atomic E-state index is 13.5. The van der Waals surface area contributed by atoms with Crippen molar-refractivity contribution in [3.05, 3.63) is 41.3 Å². The van der Waals surface area contributed by atoms with Gasteiger partial charge in [0.05, 0.1) is 0 Å². The number of rotatable bonds is 4. The molecule has 3 rings (SSSR count). The normalized spacial score (nSPS) is 14.3. The topological polar surface area (TPSA) is 37.8 Å². The molecule has 3 nitrogen and oxygen atoms in total. The van der Waals surface area contributed by atoms with Crippen LogP contribution in [0.4, 0.5) is 10.2 Å². The summed E-state index contributed by atoms with van der Waals surface area (Å²) in [5.41, 5.74) is 2.82. The first-order valence-electron chi connectivity index (χ1n) is 7.06. The lowest BCUT2D eigenvalue weighted by atomic mass is 10.1. The van der Waals surface area contributed by atoms with Gasteiger partial charge in [-0.05, 0) is 44.4 Å². The second-order valence-electron chi connectivity index (χ2n) is 5.27. The second kappa shape index (κ2) is 5.19. The van der Waals surface area contributed by atoms with Gasteiger partial charge in [-0.25, -0.2) is 14.4 Å². The molecule has 1 aliphatic rings. The summed E-state index contributed by atoms with van der Waals surface area (Å²) < 4.78 is 13.5. The van der Waals surface area contributed by atoms with Gasteiger partial charge in [0.2, 0.25) is 0 Å². The average Bonchev–Trinajstić information content (AvgIpc) is 3.26. The van der Waals surface area contributed by atoms with Gasteiger partial charge in [-0.2, -0.15) is 0 Å². The van der Waals surface area contributed by atoms with Gasteiger partial charge in [0, 0.05) is 29.8 Å². The molecule has 0 spiro atoms. The maximum absolute atomic E-state index is 13.5. The molecular weight excluding hydrogens is 253 g/mol. The van der Waals surface area contributed by atoms with Crippen LogP contribution in [0.25, 0.3) is 11.4 Å². The predicted octanol–water partition coefficient (Wildman–Crippen LogP) is 3.90. The molecular formula is C16H18FN3. The SMILES string of the molecule is CCNc1cc(C2CC2)nc(-c2cc(F)ccc2C)n1. The minimum absolute atomic E-state index is 0.254. The highest BCUT2D eigenvalue weighted by atomic mass is 19.1. The Kier molecular flexibility index (Phi) is 3.38. The first-order valence-corrected chi connectivity index (χ1v) is 7.06. The zero-order valence-electron chi connectivity index (χ0n) is 11.8. The molecule has 1 heterocycles. The number of benzene rings is 1. The highest BCUT2D eigenvalue weighted by Gasteiger charge is 2.26. The summed E-state index contributed by atoms with van der Waals surface area (Å²) in [6.07, 6.45) is 2.37. The van der Waals surface area contributed by atoms with Crippen molar-refractivity contribution in [1.29, 1.82) is 0 Å². The zero-order chi connectivity index (χ0) is 14.1. The van der Waals surface area contributed by atoms with Crippen LogP contribution in [0.3, 0.4) is 0 Å². The molecule has 1 fully saturated rings. The van der Waals surface area contributed by atoms with E-state index in [4.69, 9.17) is 0 Å². The Hall–Kier alpha value is -1.97. The van der Waals surface area contributed by atoms with Crippen LogP contribution >= 0.6 is 0 Å². The monoisotopic (exact) mass is 271 g/mol. The van der Waals surface area contributed by atoms with Crippen molar-refractivity contribution >= 4 is 5.82 Å². The summed E-state index contributed by atoms with van der Waals surface area (Å²) in [4.78, 5) is 9.15. The smallest absolute Gasteiger partial charge is 0.162 e. The van der Waals surface area contributed by atoms with Crippen LogP contribution < -0.4 is 5.32 Å². The van der Waals surface area contributed by atoms with Gasteiger partial charge in [0.15, 0.2) is 5.82 Å². The first kappa shape index (κ1) is 13.0. The summed E-state index contributed by atoms with van der Waals surface area (Å²) in [5.74, 6) is 1.73. The molecule has 0 saturated heterocycles. The molecule has 1 saturated carbocycles. The molecule has 1 aliphatic carbocycles. The summed E-state index contributed by atoms with van der Waals surface area (Å²) in [7, 11) is 0. The molecule has 0 atom stereocenters. The molecule has 0 aliphatic heterocycles. The quantitative estimate of drug-likeness (QED) is 0.916. The largest absolute Gasteiger partial charge is 0.370 e. The Morgan fingerprint density at radius 2 is 2.05 bits per heavy atom. The lowest BCUT2D eigenvalue weighted by Crippen LogP contribution is -2.04. The van der Waals surface area contributed by atoms with Gasteiger partial charge in [0.1, 0.15) is 11.6 Å². The number of nitrogens with one attached hydrogen (secondary N) is 1. The lowest BCUT2D eigenvalue weighted by molar-refractivity contribution is 0.627. The number of hydrogen-bond acceptors (Lipinski definition) is 3. The maximum Gasteiger partial charge on any atom is 0.162 e. The number of nitrogens with zero attached hydrogens (tertiary/aromatic N) is 2. The Balaban J connectivity index is 2.09. The summed E-state index contributed by atoms with van der Waals surface area (Å²) >= 11 is 0. The standard InChI is InChI=1S/C16H18FN3/c1-3-18-15-9-14(11-5-6-11)19-16(20-15)13-8-12(17)7-4-10(13)2/h4,7-9,11H,3,5-6H2,1-2H3,(H,18,19,20). The van der Waals surface area contributed by atoms with Crippen LogP contribution in [0.1, 0.15) is 36.9 Å². The van der Waals surface area contributed by atoms with Gasteiger partial charge < -0.3 is 5.32 Å². The third kappa shape index (κ3) is 2.64. The van der Waals surface area contributed by atoms with Gasteiger partial charge in [-0.15, -0.1) is 0 Å². The van der Waals surface area contributed by atoms with E-state index < -0.39 is 0 Å². The van der Waals surface area contributed by atoms with Gasteiger partial charge in [-0.3, -0.25) is 0 Å². The molecule has 1 aromatic carbocycles. The van der Waals surface area contributed by atoms with Crippen LogP contribution in [-0.2, 0) is 0 Å². The minimum Gasteiger partial charge on any atom is -0.370 e. The van der Waals surface area contributed by atoms with Crippen LogP contribution in [0, 0.1) is 12.7 Å². The van der Waals surface area contributed by atoms with Crippen molar-refractivity contribution < 1.29 is 4.39 Å². The van der Waals surface area contributed by atoms with E-state index in [-0.39, 0.29) is 5.82 Å². The van der Waals surface area contributed by atoms with Crippen LogP contribution in [0.2, 0.25) is 0 Å². The molecule has 20 heavy (non-hydrogen) atoms. The highest BCUT2D eigenvalue weighted by molar-refractivity contribution is 5.62. The molecule has 0 bridgehead atoms.